The zero-order valence-electron chi connectivity index (χ0n) is 15.6. The molecule has 0 spiro atoms. The van der Waals surface area contributed by atoms with E-state index in [1.807, 2.05) is 36.2 Å². The highest BCUT2D eigenvalue weighted by atomic mass is 16.5. The normalized spacial score (nSPS) is 15.1. The average molecular weight is 358 g/mol. The second-order valence-corrected chi connectivity index (χ2v) is 6.30. The zero-order valence-corrected chi connectivity index (χ0v) is 15.6. The Hall–Kier alpha value is -2.54. The Morgan fingerprint density at radius 2 is 1.88 bits per heavy atom. The molecule has 7 heteroatoms. The van der Waals surface area contributed by atoms with Gasteiger partial charge in [-0.05, 0) is 31.2 Å². The van der Waals surface area contributed by atoms with Crippen LogP contribution in [0, 0.1) is 0 Å². The van der Waals surface area contributed by atoms with Crippen molar-refractivity contribution in [3.8, 4) is 11.5 Å². The molecule has 0 atom stereocenters. The van der Waals surface area contributed by atoms with Crippen LogP contribution < -0.4 is 9.47 Å². The van der Waals surface area contributed by atoms with E-state index < -0.39 is 0 Å². The minimum Gasteiger partial charge on any atom is -0.497 e. The first-order chi connectivity index (χ1) is 12.6. The Balaban J connectivity index is 1.59. The SMILES string of the molecule is CCn1ccc(C(=O)N2CCN(Cc3cc(OC)ccc3OC)CC2)n1. The molecule has 0 saturated carbocycles. The van der Waals surface area contributed by atoms with Crippen molar-refractivity contribution >= 4 is 5.91 Å². The molecular weight excluding hydrogens is 332 g/mol. The van der Waals surface area contributed by atoms with Gasteiger partial charge in [-0.3, -0.25) is 14.4 Å². The van der Waals surface area contributed by atoms with Gasteiger partial charge in [0.2, 0.25) is 0 Å². The molecule has 1 saturated heterocycles. The summed E-state index contributed by atoms with van der Waals surface area (Å²) in [4.78, 5) is 16.8. The van der Waals surface area contributed by atoms with Crippen molar-refractivity contribution in [2.24, 2.45) is 0 Å². The molecule has 0 N–H and O–H groups in total. The van der Waals surface area contributed by atoms with Crippen molar-refractivity contribution in [3.63, 3.8) is 0 Å². The average Bonchev–Trinajstić information content (AvgIpc) is 3.17. The van der Waals surface area contributed by atoms with E-state index >= 15 is 0 Å². The second kappa shape index (κ2) is 8.23. The molecule has 1 aliphatic heterocycles. The Kier molecular flexibility index (Phi) is 5.78. The van der Waals surface area contributed by atoms with Crippen LogP contribution in [0.25, 0.3) is 0 Å². The van der Waals surface area contributed by atoms with Gasteiger partial charge in [-0.2, -0.15) is 5.10 Å². The van der Waals surface area contributed by atoms with E-state index in [1.165, 1.54) is 0 Å². The van der Waals surface area contributed by atoms with Gasteiger partial charge in [0, 0.05) is 51.0 Å². The lowest BCUT2D eigenvalue weighted by atomic mass is 10.1. The van der Waals surface area contributed by atoms with Crippen LogP contribution >= 0.6 is 0 Å². The highest BCUT2D eigenvalue weighted by Crippen LogP contribution is 2.25. The first-order valence-corrected chi connectivity index (χ1v) is 8.90. The maximum Gasteiger partial charge on any atom is 0.274 e. The third kappa shape index (κ3) is 3.99. The van der Waals surface area contributed by atoms with Crippen molar-refractivity contribution < 1.29 is 14.3 Å². The summed E-state index contributed by atoms with van der Waals surface area (Å²) in [5.74, 6) is 1.69. The van der Waals surface area contributed by atoms with Crippen LogP contribution in [-0.2, 0) is 13.1 Å². The number of aromatic nitrogens is 2. The number of carbonyl (C=O) groups is 1. The van der Waals surface area contributed by atoms with Gasteiger partial charge in [0.1, 0.15) is 17.2 Å². The van der Waals surface area contributed by atoms with Gasteiger partial charge in [-0.25, -0.2) is 0 Å². The molecule has 2 heterocycles. The monoisotopic (exact) mass is 358 g/mol. The number of rotatable bonds is 6. The molecule has 0 aliphatic carbocycles. The lowest BCUT2D eigenvalue weighted by Crippen LogP contribution is -2.48. The van der Waals surface area contributed by atoms with Crippen molar-refractivity contribution in [1.29, 1.82) is 0 Å². The third-order valence-electron chi connectivity index (χ3n) is 4.72. The standard InChI is InChI=1S/C19H26N4O3/c1-4-23-8-7-17(20-23)19(24)22-11-9-21(10-12-22)14-15-13-16(25-2)5-6-18(15)26-3/h5-8,13H,4,9-12,14H2,1-3H3. The van der Waals surface area contributed by atoms with Crippen molar-refractivity contribution in [2.75, 3.05) is 40.4 Å². The number of aryl methyl sites for hydroxylation is 1. The van der Waals surface area contributed by atoms with Crippen LogP contribution in [0.4, 0.5) is 0 Å². The molecule has 26 heavy (non-hydrogen) atoms. The predicted octanol–water partition coefficient (Wildman–Crippen LogP) is 1.88. The van der Waals surface area contributed by atoms with E-state index in [4.69, 9.17) is 9.47 Å². The van der Waals surface area contributed by atoms with Crippen LogP contribution in [0.2, 0.25) is 0 Å². The molecule has 1 aliphatic rings. The quantitative estimate of drug-likeness (QED) is 0.789. The molecule has 0 bridgehead atoms. The lowest BCUT2D eigenvalue weighted by Gasteiger charge is -2.34. The van der Waals surface area contributed by atoms with E-state index in [0.29, 0.717) is 18.8 Å². The van der Waals surface area contributed by atoms with Crippen LogP contribution in [0.15, 0.2) is 30.5 Å². The number of piperazine rings is 1. The summed E-state index contributed by atoms with van der Waals surface area (Å²) in [7, 11) is 3.34. The zero-order chi connectivity index (χ0) is 18.5. The van der Waals surface area contributed by atoms with E-state index in [2.05, 4.69) is 10.00 Å². The highest BCUT2D eigenvalue weighted by Gasteiger charge is 2.24. The van der Waals surface area contributed by atoms with Gasteiger partial charge in [0.25, 0.3) is 5.91 Å². The smallest absolute Gasteiger partial charge is 0.274 e. The maximum atomic E-state index is 12.6. The summed E-state index contributed by atoms with van der Waals surface area (Å²) in [6.07, 6.45) is 1.85. The van der Waals surface area contributed by atoms with E-state index in [1.54, 1.807) is 25.0 Å². The number of amides is 1. The summed E-state index contributed by atoms with van der Waals surface area (Å²) < 4.78 is 12.6. The largest absolute Gasteiger partial charge is 0.497 e. The van der Waals surface area contributed by atoms with Crippen molar-refractivity contribution in [2.45, 2.75) is 20.0 Å². The molecule has 1 aromatic carbocycles. The Morgan fingerprint density at radius 3 is 2.50 bits per heavy atom. The number of ether oxygens (including phenoxy) is 2. The number of hydrogen-bond acceptors (Lipinski definition) is 5. The fourth-order valence-electron chi connectivity index (χ4n) is 3.17. The fraction of sp³-hybridized carbons (Fsp3) is 0.474. The Bertz CT molecular complexity index is 751. The molecule has 140 valence electrons. The number of nitrogens with zero attached hydrogens (tertiary/aromatic N) is 4. The third-order valence-corrected chi connectivity index (χ3v) is 4.72. The maximum absolute atomic E-state index is 12.6. The van der Waals surface area contributed by atoms with Gasteiger partial charge in [-0.15, -0.1) is 0 Å². The Morgan fingerprint density at radius 1 is 1.12 bits per heavy atom. The number of hydrogen-bond donors (Lipinski definition) is 0. The van der Waals surface area contributed by atoms with Gasteiger partial charge in [0.15, 0.2) is 0 Å². The number of methoxy groups -OCH3 is 2. The first kappa shape index (κ1) is 18.3. The van der Waals surface area contributed by atoms with Crippen molar-refractivity contribution in [1.82, 2.24) is 19.6 Å². The predicted molar refractivity (Wildman–Crippen MR) is 98.6 cm³/mol. The second-order valence-electron chi connectivity index (χ2n) is 6.30. The summed E-state index contributed by atoms with van der Waals surface area (Å²) in [6, 6.07) is 7.62. The molecule has 1 aromatic heterocycles. The highest BCUT2D eigenvalue weighted by molar-refractivity contribution is 5.92. The first-order valence-electron chi connectivity index (χ1n) is 8.90. The summed E-state index contributed by atoms with van der Waals surface area (Å²) in [5.41, 5.74) is 1.61. The molecule has 1 fully saturated rings. The van der Waals surface area contributed by atoms with Crippen LogP contribution in [0.5, 0.6) is 11.5 Å². The summed E-state index contributed by atoms with van der Waals surface area (Å²) in [5, 5.41) is 4.31. The van der Waals surface area contributed by atoms with Crippen LogP contribution in [-0.4, -0.2) is 65.9 Å². The summed E-state index contributed by atoms with van der Waals surface area (Å²) in [6.45, 7) is 6.58. The van der Waals surface area contributed by atoms with Crippen LogP contribution in [0.1, 0.15) is 23.0 Å². The molecule has 7 nitrogen and oxygen atoms in total. The minimum absolute atomic E-state index is 0.0100. The number of carbonyl (C=O) groups excluding carboxylic acids is 1. The molecule has 1 amide bonds. The minimum atomic E-state index is 0.0100. The topological polar surface area (TPSA) is 59.8 Å². The molecule has 3 rings (SSSR count). The molecule has 0 unspecified atom stereocenters. The van der Waals surface area contributed by atoms with Crippen LogP contribution in [0.3, 0.4) is 0 Å². The summed E-state index contributed by atoms with van der Waals surface area (Å²) >= 11 is 0. The van der Waals surface area contributed by atoms with E-state index in [9.17, 15) is 4.79 Å². The number of benzene rings is 1. The lowest BCUT2D eigenvalue weighted by molar-refractivity contribution is 0.0621. The van der Waals surface area contributed by atoms with Gasteiger partial charge >= 0.3 is 0 Å². The van der Waals surface area contributed by atoms with E-state index in [-0.39, 0.29) is 5.91 Å². The fourth-order valence-corrected chi connectivity index (χ4v) is 3.17. The Labute approximate surface area is 154 Å². The van der Waals surface area contributed by atoms with E-state index in [0.717, 1.165) is 43.2 Å². The van der Waals surface area contributed by atoms with Gasteiger partial charge in [0.05, 0.1) is 14.2 Å². The molecular formula is C19H26N4O3. The molecule has 0 radical (unpaired) electrons. The molecule has 2 aromatic rings. The van der Waals surface area contributed by atoms with Crippen molar-refractivity contribution in [3.05, 3.63) is 41.7 Å². The van der Waals surface area contributed by atoms with Gasteiger partial charge < -0.3 is 14.4 Å². The van der Waals surface area contributed by atoms with Gasteiger partial charge in [-0.1, -0.05) is 0 Å².